The average Bonchev–Trinajstić information content (AvgIpc) is 2.73. The molecule has 0 fully saturated rings. The Balaban J connectivity index is 1.74. The molecule has 0 aliphatic rings. The Morgan fingerprint density at radius 1 is 0.862 bits per heavy atom. The van der Waals surface area contributed by atoms with Gasteiger partial charge in [0, 0.05) is 17.4 Å². The second-order valence-corrected chi connectivity index (χ2v) is 9.13. The molecule has 0 bridgehead atoms. The second-order valence-electron chi connectivity index (χ2n) is 6.50. The molecule has 29 heavy (non-hydrogen) atoms. The molecule has 0 saturated carbocycles. The Kier molecular flexibility index (Phi) is 7.19. The normalized spacial score (nSPS) is 12.3. The van der Waals surface area contributed by atoms with Crippen LogP contribution in [0.25, 0.3) is 0 Å². The van der Waals surface area contributed by atoms with Gasteiger partial charge in [-0.15, -0.1) is 0 Å². The van der Waals surface area contributed by atoms with Crippen LogP contribution in [-0.4, -0.2) is 14.3 Å². The molecule has 3 aromatic carbocycles. The fourth-order valence-corrected chi connectivity index (χ4v) is 4.32. The molecule has 1 unspecified atom stereocenters. The van der Waals surface area contributed by atoms with Crippen molar-refractivity contribution in [1.82, 2.24) is 10.0 Å². The molecular formula is C22H21BrN2O3S. The third-order valence-corrected chi connectivity index (χ3v) is 6.36. The van der Waals surface area contributed by atoms with Crippen LogP contribution in [0.15, 0.2) is 94.3 Å². The zero-order valence-corrected chi connectivity index (χ0v) is 18.0. The van der Waals surface area contributed by atoms with Crippen molar-refractivity contribution in [2.24, 2.45) is 0 Å². The molecular weight excluding hydrogens is 452 g/mol. The number of nitrogens with one attached hydrogen (secondary N) is 2. The fraction of sp³-hybridized carbons (Fsp3) is 0.136. The Morgan fingerprint density at radius 3 is 2.07 bits per heavy atom. The van der Waals surface area contributed by atoms with Crippen LogP contribution in [0.2, 0.25) is 0 Å². The maximum absolute atomic E-state index is 12.8. The second kappa shape index (κ2) is 9.82. The molecule has 3 aromatic rings. The SMILES string of the molecule is O=C(CC(NS(=O)(=O)c1ccc(Br)cc1)c1ccccc1)NCc1ccccc1. The minimum absolute atomic E-state index is 0.00734. The molecule has 0 aliphatic heterocycles. The fourth-order valence-electron chi connectivity index (χ4n) is 2.84. The van der Waals surface area contributed by atoms with Crippen LogP contribution in [0.4, 0.5) is 0 Å². The number of sulfonamides is 1. The Hall–Kier alpha value is -2.48. The third kappa shape index (κ3) is 6.25. The van der Waals surface area contributed by atoms with E-state index < -0.39 is 16.1 Å². The van der Waals surface area contributed by atoms with Gasteiger partial charge < -0.3 is 5.32 Å². The van der Waals surface area contributed by atoms with Gasteiger partial charge in [-0.05, 0) is 35.4 Å². The number of hydrogen-bond acceptors (Lipinski definition) is 3. The highest BCUT2D eigenvalue weighted by molar-refractivity contribution is 9.10. The monoisotopic (exact) mass is 472 g/mol. The summed E-state index contributed by atoms with van der Waals surface area (Å²) in [4.78, 5) is 12.7. The summed E-state index contributed by atoms with van der Waals surface area (Å²) in [6.07, 6.45) is -0.00734. The van der Waals surface area contributed by atoms with Gasteiger partial charge in [0.05, 0.1) is 10.9 Å². The van der Waals surface area contributed by atoms with Crippen LogP contribution in [-0.2, 0) is 21.4 Å². The van der Waals surface area contributed by atoms with Crippen molar-refractivity contribution >= 4 is 31.9 Å². The molecule has 2 N–H and O–H groups in total. The van der Waals surface area contributed by atoms with Crippen LogP contribution in [0.3, 0.4) is 0 Å². The van der Waals surface area contributed by atoms with Crippen LogP contribution in [0, 0.1) is 0 Å². The molecule has 0 aliphatic carbocycles. The van der Waals surface area contributed by atoms with E-state index in [0.29, 0.717) is 6.54 Å². The minimum atomic E-state index is -3.79. The van der Waals surface area contributed by atoms with Crippen LogP contribution in [0.1, 0.15) is 23.6 Å². The molecule has 5 nitrogen and oxygen atoms in total. The van der Waals surface area contributed by atoms with E-state index in [1.165, 1.54) is 12.1 Å². The number of carbonyl (C=O) groups is 1. The maximum Gasteiger partial charge on any atom is 0.241 e. The number of carbonyl (C=O) groups excluding carboxylic acids is 1. The number of halogens is 1. The van der Waals surface area contributed by atoms with E-state index in [9.17, 15) is 13.2 Å². The van der Waals surface area contributed by atoms with E-state index in [1.807, 2.05) is 48.5 Å². The Bertz CT molecular complexity index is 1040. The lowest BCUT2D eigenvalue weighted by Gasteiger charge is -2.19. The number of amides is 1. The maximum atomic E-state index is 12.8. The summed E-state index contributed by atoms with van der Waals surface area (Å²) in [7, 11) is -3.79. The van der Waals surface area contributed by atoms with E-state index in [-0.39, 0.29) is 17.2 Å². The van der Waals surface area contributed by atoms with Gasteiger partial charge in [0.1, 0.15) is 0 Å². The van der Waals surface area contributed by atoms with E-state index in [4.69, 9.17) is 0 Å². The van der Waals surface area contributed by atoms with Crippen molar-refractivity contribution in [3.8, 4) is 0 Å². The Morgan fingerprint density at radius 2 is 1.45 bits per heavy atom. The van der Waals surface area contributed by atoms with Gasteiger partial charge >= 0.3 is 0 Å². The van der Waals surface area contributed by atoms with Gasteiger partial charge in [0.15, 0.2) is 0 Å². The topological polar surface area (TPSA) is 75.3 Å². The summed E-state index contributed by atoms with van der Waals surface area (Å²) in [5.74, 6) is -0.235. The first-order chi connectivity index (χ1) is 13.9. The van der Waals surface area contributed by atoms with Crippen molar-refractivity contribution in [2.45, 2.75) is 23.9 Å². The standard InChI is InChI=1S/C22H21BrN2O3S/c23-19-11-13-20(14-12-19)29(27,28)25-21(18-9-5-2-6-10-18)15-22(26)24-16-17-7-3-1-4-8-17/h1-14,21,25H,15-16H2,(H,24,26). The van der Waals surface area contributed by atoms with E-state index in [0.717, 1.165) is 15.6 Å². The molecule has 1 amide bonds. The first kappa shape index (κ1) is 21.2. The first-order valence-electron chi connectivity index (χ1n) is 9.07. The highest BCUT2D eigenvalue weighted by Gasteiger charge is 2.23. The van der Waals surface area contributed by atoms with Crippen LogP contribution < -0.4 is 10.0 Å². The molecule has 0 saturated heterocycles. The van der Waals surface area contributed by atoms with Gasteiger partial charge in [0.2, 0.25) is 15.9 Å². The largest absolute Gasteiger partial charge is 0.352 e. The smallest absolute Gasteiger partial charge is 0.241 e. The third-order valence-electron chi connectivity index (χ3n) is 4.35. The summed E-state index contributed by atoms with van der Waals surface area (Å²) in [5.41, 5.74) is 1.70. The molecule has 0 radical (unpaired) electrons. The number of hydrogen-bond donors (Lipinski definition) is 2. The van der Waals surface area contributed by atoms with Crippen molar-refractivity contribution in [3.05, 3.63) is 101 Å². The van der Waals surface area contributed by atoms with Gasteiger partial charge in [-0.1, -0.05) is 76.6 Å². The zero-order valence-electron chi connectivity index (χ0n) is 15.6. The van der Waals surface area contributed by atoms with E-state index >= 15 is 0 Å². The molecule has 0 heterocycles. The summed E-state index contributed by atoms with van der Waals surface area (Å²) in [5, 5.41) is 2.85. The van der Waals surface area contributed by atoms with Crippen molar-refractivity contribution in [3.63, 3.8) is 0 Å². The number of benzene rings is 3. The lowest BCUT2D eigenvalue weighted by Crippen LogP contribution is -2.33. The zero-order chi connectivity index (χ0) is 20.7. The van der Waals surface area contributed by atoms with Gasteiger partial charge in [0.25, 0.3) is 0 Å². The van der Waals surface area contributed by atoms with Crippen LogP contribution in [0.5, 0.6) is 0 Å². The van der Waals surface area contributed by atoms with Crippen molar-refractivity contribution < 1.29 is 13.2 Å². The molecule has 1 atom stereocenters. The summed E-state index contributed by atoms with van der Waals surface area (Å²) >= 11 is 3.30. The molecule has 0 aromatic heterocycles. The lowest BCUT2D eigenvalue weighted by molar-refractivity contribution is -0.121. The lowest BCUT2D eigenvalue weighted by atomic mass is 10.0. The highest BCUT2D eigenvalue weighted by atomic mass is 79.9. The van der Waals surface area contributed by atoms with Gasteiger partial charge in [-0.25, -0.2) is 13.1 Å². The van der Waals surface area contributed by atoms with Gasteiger partial charge in [-0.2, -0.15) is 0 Å². The highest BCUT2D eigenvalue weighted by Crippen LogP contribution is 2.21. The van der Waals surface area contributed by atoms with Gasteiger partial charge in [-0.3, -0.25) is 4.79 Å². The summed E-state index contributed by atoms with van der Waals surface area (Å²) in [6.45, 7) is 0.390. The van der Waals surface area contributed by atoms with Crippen LogP contribution >= 0.6 is 15.9 Å². The van der Waals surface area contributed by atoms with Crippen molar-refractivity contribution in [1.29, 1.82) is 0 Å². The minimum Gasteiger partial charge on any atom is -0.352 e. The summed E-state index contributed by atoms with van der Waals surface area (Å²) < 4.78 is 29.1. The predicted octanol–water partition coefficient (Wildman–Crippen LogP) is 4.18. The molecule has 150 valence electrons. The molecule has 0 spiro atoms. The number of rotatable bonds is 8. The van der Waals surface area contributed by atoms with E-state index in [2.05, 4.69) is 26.0 Å². The summed E-state index contributed by atoms with van der Waals surface area (Å²) in [6, 6.07) is 24.3. The Labute approximate surface area is 179 Å². The molecule has 3 rings (SSSR count). The molecule has 7 heteroatoms. The first-order valence-corrected chi connectivity index (χ1v) is 11.3. The predicted molar refractivity (Wildman–Crippen MR) is 117 cm³/mol. The quantitative estimate of drug-likeness (QED) is 0.516. The van der Waals surface area contributed by atoms with E-state index in [1.54, 1.807) is 24.3 Å². The average molecular weight is 473 g/mol. The van der Waals surface area contributed by atoms with Crippen molar-refractivity contribution in [2.75, 3.05) is 0 Å².